The van der Waals surface area contributed by atoms with Crippen LogP contribution in [0.1, 0.15) is 1.43 Å². The van der Waals surface area contributed by atoms with Gasteiger partial charge in [0.1, 0.15) is 25.2 Å². The van der Waals surface area contributed by atoms with Gasteiger partial charge in [0.25, 0.3) is 0 Å². The van der Waals surface area contributed by atoms with E-state index in [0.29, 0.717) is 13.2 Å². The van der Waals surface area contributed by atoms with Gasteiger partial charge >= 0.3 is 29.6 Å². The van der Waals surface area contributed by atoms with E-state index in [-0.39, 0.29) is 37.6 Å². The molecule has 0 aliphatic carbocycles. The second kappa shape index (κ2) is 9.21. The van der Waals surface area contributed by atoms with Crippen LogP contribution in [0.5, 0.6) is 5.75 Å². The Morgan fingerprint density at radius 3 is 2.57 bits per heavy atom. The van der Waals surface area contributed by atoms with E-state index in [1.54, 1.807) is 0 Å². The smallest absolute Gasteiger partial charge is 1.00 e. The van der Waals surface area contributed by atoms with E-state index in [9.17, 15) is 4.79 Å². The molecular formula is C10H13NaO3. The van der Waals surface area contributed by atoms with Crippen LogP contribution in [0.4, 0.5) is 0 Å². The van der Waals surface area contributed by atoms with Crippen molar-refractivity contribution in [2.24, 2.45) is 0 Å². The molecule has 1 aromatic rings. The minimum atomic E-state index is 0. The zero-order valence-corrected chi connectivity index (χ0v) is 10.3. The van der Waals surface area contributed by atoms with E-state index in [2.05, 4.69) is 0 Å². The van der Waals surface area contributed by atoms with Crippen LogP contribution >= 0.6 is 0 Å². The number of hydrogen-bond donors (Lipinski definition) is 0. The van der Waals surface area contributed by atoms with Crippen LogP contribution in [-0.2, 0) is 9.53 Å². The van der Waals surface area contributed by atoms with Gasteiger partial charge in [-0.25, -0.2) is 0 Å². The van der Waals surface area contributed by atoms with Gasteiger partial charge in [-0.2, -0.15) is 0 Å². The molecule has 0 aromatic heterocycles. The Morgan fingerprint density at radius 1 is 1.21 bits per heavy atom. The predicted octanol–water partition coefficient (Wildman–Crippen LogP) is -1.60. The number of hydrogen-bond acceptors (Lipinski definition) is 3. The number of benzene rings is 1. The summed E-state index contributed by atoms with van der Waals surface area (Å²) in [5, 5.41) is 0. The van der Waals surface area contributed by atoms with Crippen molar-refractivity contribution in [2.45, 2.75) is 0 Å². The normalized spacial score (nSPS) is 8.86. The second-order valence-electron chi connectivity index (χ2n) is 2.40. The second-order valence-corrected chi connectivity index (χ2v) is 2.40. The number of rotatable bonds is 6. The van der Waals surface area contributed by atoms with Gasteiger partial charge in [-0.15, -0.1) is 0 Å². The van der Waals surface area contributed by atoms with Crippen LogP contribution in [0.2, 0.25) is 0 Å². The molecule has 3 nitrogen and oxygen atoms in total. The number of carbonyl (C=O) groups excluding carboxylic acids is 1. The molecule has 0 spiro atoms. The van der Waals surface area contributed by atoms with Crippen LogP contribution < -0.4 is 34.3 Å². The molecule has 0 unspecified atom stereocenters. The first-order chi connectivity index (χ1) is 6.43. The molecule has 0 N–H and O–H groups in total. The summed E-state index contributed by atoms with van der Waals surface area (Å²) in [6.45, 7) is 1.05. The first kappa shape index (κ1) is 13.7. The van der Waals surface area contributed by atoms with Gasteiger partial charge in [0.15, 0.2) is 0 Å². The largest absolute Gasteiger partial charge is 1.00 e. The molecule has 4 heteroatoms. The Labute approximate surface area is 107 Å². The third-order valence-corrected chi connectivity index (χ3v) is 1.43. The molecule has 0 heterocycles. The van der Waals surface area contributed by atoms with E-state index >= 15 is 0 Å². The van der Waals surface area contributed by atoms with E-state index in [1.165, 1.54) is 0 Å². The summed E-state index contributed by atoms with van der Waals surface area (Å²) < 4.78 is 10.2. The molecule has 0 radical (unpaired) electrons. The monoisotopic (exact) mass is 204 g/mol. The molecule has 1 rings (SSSR count). The molecule has 0 amide bonds. The van der Waals surface area contributed by atoms with E-state index in [1.807, 2.05) is 30.3 Å². The molecule has 1 aromatic carbocycles. The maximum Gasteiger partial charge on any atom is 1.00 e. The van der Waals surface area contributed by atoms with Crippen LogP contribution in [0.3, 0.4) is 0 Å². The molecule has 0 bridgehead atoms. The van der Waals surface area contributed by atoms with Gasteiger partial charge < -0.3 is 15.7 Å². The van der Waals surface area contributed by atoms with Gasteiger partial charge in [-0.1, -0.05) is 18.2 Å². The summed E-state index contributed by atoms with van der Waals surface area (Å²) in [5.41, 5.74) is 0. The zero-order chi connectivity index (χ0) is 9.36. The van der Waals surface area contributed by atoms with Crippen molar-refractivity contribution in [3.8, 4) is 5.75 Å². The number of ether oxygens (including phenoxy) is 2. The van der Waals surface area contributed by atoms with Crippen molar-refractivity contribution in [1.29, 1.82) is 0 Å². The van der Waals surface area contributed by atoms with Crippen molar-refractivity contribution in [1.82, 2.24) is 0 Å². The third kappa shape index (κ3) is 6.16. The third-order valence-electron chi connectivity index (χ3n) is 1.43. The molecule has 0 aliphatic rings. The Kier molecular flexibility index (Phi) is 8.98. The number of para-hydroxylation sites is 1. The van der Waals surface area contributed by atoms with E-state index in [0.717, 1.165) is 12.0 Å². The standard InChI is InChI=1S/C10H12O3.Na.H/c11-6-7-12-8-9-13-10-4-2-1-3-5-10;;/h1-6H,7-9H2;;/q;+1;-1. The van der Waals surface area contributed by atoms with Crippen LogP contribution in [0.15, 0.2) is 30.3 Å². The molecular weight excluding hydrogens is 191 g/mol. The van der Waals surface area contributed by atoms with Crippen LogP contribution in [-0.4, -0.2) is 26.1 Å². The number of carbonyl (C=O) groups is 1. The average molecular weight is 204 g/mol. The maximum atomic E-state index is 9.87. The van der Waals surface area contributed by atoms with Gasteiger partial charge in [-0.05, 0) is 12.1 Å². The molecule has 14 heavy (non-hydrogen) atoms. The number of aldehydes is 1. The summed E-state index contributed by atoms with van der Waals surface area (Å²) in [6.07, 6.45) is 0.725. The Hall–Kier alpha value is -0.350. The summed E-state index contributed by atoms with van der Waals surface area (Å²) in [4.78, 5) is 9.87. The predicted molar refractivity (Wildman–Crippen MR) is 49.9 cm³/mol. The zero-order valence-electron chi connectivity index (χ0n) is 9.31. The first-order valence-electron chi connectivity index (χ1n) is 4.12. The summed E-state index contributed by atoms with van der Waals surface area (Å²) in [5.74, 6) is 0.817. The first-order valence-corrected chi connectivity index (χ1v) is 4.12. The van der Waals surface area contributed by atoms with Crippen molar-refractivity contribution < 1.29 is 45.3 Å². The van der Waals surface area contributed by atoms with Crippen molar-refractivity contribution in [2.75, 3.05) is 19.8 Å². The molecule has 0 fully saturated rings. The van der Waals surface area contributed by atoms with Gasteiger partial charge in [0, 0.05) is 0 Å². The fourth-order valence-electron chi connectivity index (χ4n) is 0.867. The summed E-state index contributed by atoms with van der Waals surface area (Å²) in [6, 6.07) is 9.48. The van der Waals surface area contributed by atoms with Crippen LogP contribution in [0.25, 0.3) is 0 Å². The fraction of sp³-hybridized carbons (Fsp3) is 0.300. The van der Waals surface area contributed by atoms with Crippen molar-refractivity contribution in [3.63, 3.8) is 0 Å². The van der Waals surface area contributed by atoms with Crippen LogP contribution in [0, 0.1) is 0 Å². The molecule has 0 saturated carbocycles. The minimum Gasteiger partial charge on any atom is -1.00 e. The average Bonchev–Trinajstić information content (AvgIpc) is 2.19. The molecule has 0 aliphatic heterocycles. The topological polar surface area (TPSA) is 35.5 Å². The molecule has 0 saturated heterocycles. The Bertz CT molecular complexity index is 244. The fourth-order valence-corrected chi connectivity index (χ4v) is 0.867. The van der Waals surface area contributed by atoms with E-state index in [4.69, 9.17) is 9.47 Å². The molecule has 0 atom stereocenters. The van der Waals surface area contributed by atoms with Crippen molar-refractivity contribution in [3.05, 3.63) is 30.3 Å². The molecule has 72 valence electrons. The van der Waals surface area contributed by atoms with Gasteiger partial charge in [0.05, 0.1) is 6.61 Å². The Morgan fingerprint density at radius 2 is 1.93 bits per heavy atom. The Balaban J connectivity index is 0. The van der Waals surface area contributed by atoms with Crippen molar-refractivity contribution >= 4 is 6.29 Å². The SMILES string of the molecule is O=CCOCCOc1ccccc1.[H-].[Na+]. The maximum absolute atomic E-state index is 9.87. The van der Waals surface area contributed by atoms with Gasteiger partial charge in [-0.3, -0.25) is 0 Å². The minimum absolute atomic E-state index is 0. The summed E-state index contributed by atoms with van der Waals surface area (Å²) in [7, 11) is 0. The van der Waals surface area contributed by atoms with Gasteiger partial charge in [0.2, 0.25) is 0 Å². The summed E-state index contributed by atoms with van der Waals surface area (Å²) >= 11 is 0. The quantitative estimate of drug-likeness (QED) is 0.318. The van der Waals surface area contributed by atoms with E-state index < -0.39 is 0 Å².